The molecule has 11 nitrogen and oxygen atoms in total. The molecule has 2 aromatic carbocycles. The van der Waals surface area contributed by atoms with Crippen LogP contribution in [0.4, 0.5) is 14.5 Å². The van der Waals surface area contributed by atoms with Crippen LogP contribution in [0.5, 0.6) is 11.6 Å². The molecule has 1 saturated heterocycles. The molecular formula is C36H39F2N7O4. The Morgan fingerprint density at radius 3 is 2.41 bits per heavy atom. The van der Waals surface area contributed by atoms with Gasteiger partial charge >= 0.3 is 5.69 Å². The third kappa shape index (κ3) is 7.32. The molecule has 13 heteroatoms. The summed E-state index contributed by atoms with van der Waals surface area (Å²) in [7, 11) is 0. The molecule has 256 valence electrons. The number of carbonyl (C=O) groups is 1. The number of nitrogens with one attached hydrogen (secondary N) is 1. The second kappa shape index (κ2) is 14.0. The maximum atomic E-state index is 15.4. The molecule has 2 fully saturated rings. The van der Waals surface area contributed by atoms with Gasteiger partial charge in [0.2, 0.25) is 5.88 Å². The molecule has 0 bridgehead atoms. The number of ether oxygens (including phenoxy) is 1. The lowest BCUT2D eigenvalue weighted by Gasteiger charge is -2.36. The van der Waals surface area contributed by atoms with Crippen molar-refractivity contribution in [3.05, 3.63) is 104 Å². The van der Waals surface area contributed by atoms with Crippen LogP contribution in [0.15, 0.2) is 64.6 Å². The average Bonchev–Trinajstić information content (AvgIpc) is 3.92. The Morgan fingerprint density at radius 1 is 0.939 bits per heavy atom. The highest BCUT2D eigenvalue weighted by atomic mass is 19.1. The number of nitrogens with zero attached hydrogens (tertiary/aromatic N) is 6. The molecule has 1 aliphatic carbocycles. The number of piperidine rings is 1. The van der Waals surface area contributed by atoms with Gasteiger partial charge in [-0.3, -0.25) is 19.1 Å². The topological polar surface area (TPSA) is 115 Å². The van der Waals surface area contributed by atoms with Gasteiger partial charge in [0.05, 0.1) is 11.4 Å². The van der Waals surface area contributed by atoms with Gasteiger partial charge < -0.3 is 15.0 Å². The molecule has 1 N–H and O–H groups in total. The minimum atomic E-state index is -0.865. The predicted octanol–water partition coefficient (Wildman–Crippen LogP) is 4.61. The van der Waals surface area contributed by atoms with Crippen molar-refractivity contribution in [3.63, 3.8) is 0 Å². The summed E-state index contributed by atoms with van der Waals surface area (Å²) >= 11 is 0. The number of amides is 1. The van der Waals surface area contributed by atoms with Crippen LogP contribution < -0.4 is 21.3 Å². The van der Waals surface area contributed by atoms with Gasteiger partial charge in [-0.15, -0.1) is 0 Å². The number of anilines is 1. The lowest BCUT2D eigenvalue weighted by molar-refractivity contribution is 0.102. The number of fused-ring (bicyclic) bond motifs is 1. The fraction of sp³-hybridized carbons (Fsp3) is 0.417. The molecule has 7 rings (SSSR count). The van der Waals surface area contributed by atoms with Crippen molar-refractivity contribution in [2.75, 3.05) is 38.0 Å². The van der Waals surface area contributed by atoms with Gasteiger partial charge in [-0.05, 0) is 100.0 Å². The number of halogens is 2. The normalized spacial score (nSPS) is 17.1. The van der Waals surface area contributed by atoms with Gasteiger partial charge in [0.25, 0.3) is 11.5 Å². The van der Waals surface area contributed by atoms with E-state index < -0.39 is 28.8 Å². The molecule has 0 unspecified atom stereocenters. The monoisotopic (exact) mass is 671 g/mol. The van der Waals surface area contributed by atoms with Crippen molar-refractivity contribution >= 4 is 11.6 Å². The number of hydrogen-bond donors (Lipinski definition) is 1. The predicted molar refractivity (Wildman–Crippen MR) is 179 cm³/mol. The highest BCUT2D eigenvalue weighted by Crippen LogP contribution is 2.32. The summed E-state index contributed by atoms with van der Waals surface area (Å²) in [5.41, 5.74) is 0.160. The van der Waals surface area contributed by atoms with Gasteiger partial charge in [0.15, 0.2) is 11.6 Å². The quantitative estimate of drug-likeness (QED) is 0.260. The van der Waals surface area contributed by atoms with Gasteiger partial charge in [0.1, 0.15) is 17.7 Å². The van der Waals surface area contributed by atoms with Crippen molar-refractivity contribution in [1.82, 2.24) is 28.9 Å². The van der Waals surface area contributed by atoms with Gasteiger partial charge in [-0.25, -0.2) is 28.1 Å². The highest BCUT2D eigenvalue weighted by Gasteiger charge is 2.28. The largest absolute Gasteiger partial charge is 0.436 e. The second-order valence-electron chi connectivity index (χ2n) is 13.2. The Morgan fingerprint density at radius 2 is 1.69 bits per heavy atom. The number of aromatic nitrogens is 4. The first kappa shape index (κ1) is 32.8. The molecular weight excluding hydrogens is 632 g/mol. The van der Waals surface area contributed by atoms with Crippen LogP contribution in [0.3, 0.4) is 0 Å². The number of likely N-dealkylation sites (tertiary alicyclic amines) is 1. The van der Waals surface area contributed by atoms with Crippen LogP contribution in [0.2, 0.25) is 0 Å². The Balaban J connectivity index is 1.05. The SMILES string of the molecule is CCN1CCC(CN2CCc3c(ncnc3Oc3ccc(NC(=O)c4cn(CC5CC5)c(=O)n(-c5ccc(F)cc5)c4=O)cc3F)C2)CC1. The summed E-state index contributed by atoms with van der Waals surface area (Å²) in [5.74, 6) is -0.912. The van der Waals surface area contributed by atoms with Crippen molar-refractivity contribution in [3.8, 4) is 17.3 Å². The third-order valence-electron chi connectivity index (χ3n) is 9.75. The maximum Gasteiger partial charge on any atom is 0.335 e. The summed E-state index contributed by atoms with van der Waals surface area (Å²) in [6, 6.07) is 8.84. The fourth-order valence-electron chi connectivity index (χ4n) is 6.72. The Bertz CT molecular complexity index is 1970. The highest BCUT2D eigenvalue weighted by molar-refractivity contribution is 6.03. The van der Waals surface area contributed by atoms with E-state index >= 15 is 4.39 Å². The Hall–Kier alpha value is -4.75. The molecule has 4 heterocycles. The molecule has 2 aliphatic heterocycles. The van der Waals surface area contributed by atoms with E-state index in [1.165, 1.54) is 54.2 Å². The van der Waals surface area contributed by atoms with Crippen LogP contribution in [0.25, 0.3) is 5.69 Å². The summed E-state index contributed by atoms with van der Waals surface area (Å²) in [6.07, 6.45) is 7.63. The fourth-order valence-corrected chi connectivity index (χ4v) is 6.72. The molecule has 0 radical (unpaired) electrons. The number of hydrogen-bond acceptors (Lipinski definition) is 8. The van der Waals surface area contributed by atoms with Crippen LogP contribution in [-0.4, -0.2) is 67.5 Å². The van der Waals surface area contributed by atoms with E-state index in [-0.39, 0.29) is 28.6 Å². The van der Waals surface area contributed by atoms with E-state index in [2.05, 4.69) is 32.0 Å². The maximum absolute atomic E-state index is 15.4. The van der Waals surface area contributed by atoms with Gasteiger partial charge in [-0.2, -0.15) is 0 Å². The van der Waals surface area contributed by atoms with E-state index in [4.69, 9.17) is 4.74 Å². The first-order valence-electron chi connectivity index (χ1n) is 16.9. The molecule has 1 saturated carbocycles. The molecule has 3 aliphatic rings. The van der Waals surface area contributed by atoms with Crippen LogP contribution in [-0.2, 0) is 19.5 Å². The van der Waals surface area contributed by atoms with Crippen molar-refractivity contribution in [2.45, 2.75) is 52.1 Å². The Kier molecular flexibility index (Phi) is 9.37. The molecule has 49 heavy (non-hydrogen) atoms. The average molecular weight is 672 g/mol. The third-order valence-corrected chi connectivity index (χ3v) is 9.75. The minimum Gasteiger partial charge on any atom is -0.436 e. The molecule has 1 amide bonds. The van der Waals surface area contributed by atoms with E-state index in [1.807, 2.05) is 0 Å². The van der Waals surface area contributed by atoms with E-state index in [0.29, 0.717) is 31.3 Å². The van der Waals surface area contributed by atoms with E-state index in [0.717, 1.165) is 79.6 Å². The lowest BCUT2D eigenvalue weighted by Crippen LogP contribution is -2.42. The molecule has 4 aromatic rings. The van der Waals surface area contributed by atoms with Crippen LogP contribution >= 0.6 is 0 Å². The van der Waals surface area contributed by atoms with Crippen LogP contribution in [0.1, 0.15) is 54.2 Å². The molecule has 2 aromatic heterocycles. The van der Waals surface area contributed by atoms with Gasteiger partial charge in [0, 0.05) is 49.7 Å². The zero-order valence-electron chi connectivity index (χ0n) is 27.4. The first-order valence-corrected chi connectivity index (χ1v) is 16.9. The van der Waals surface area contributed by atoms with Crippen molar-refractivity contribution in [1.29, 1.82) is 0 Å². The summed E-state index contributed by atoms with van der Waals surface area (Å²) < 4.78 is 37.1. The number of benzene rings is 2. The standard InChI is InChI=1S/C36H39F2N7O4/c1-2-42-14-11-24(12-15-42)18-43-16-13-28-31(21-43)39-22-40-34(28)49-32-10-7-26(17-30(32)38)41-33(46)29-20-44(19-23-3-4-23)36(48)45(35(29)47)27-8-5-25(37)6-9-27/h5-10,17,20,22-24H,2-4,11-16,18-19,21H2,1H3,(H,41,46). The first-order chi connectivity index (χ1) is 23.7. The zero-order chi connectivity index (χ0) is 34.1. The summed E-state index contributed by atoms with van der Waals surface area (Å²) in [4.78, 5) is 53.8. The van der Waals surface area contributed by atoms with Gasteiger partial charge in [-0.1, -0.05) is 6.92 Å². The van der Waals surface area contributed by atoms with Crippen molar-refractivity contribution < 1.29 is 18.3 Å². The number of carbonyl (C=O) groups excluding carboxylic acids is 1. The lowest BCUT2D eigenvalue weighted by atomic mass is 9.95. The molecule has 0 spiro atoms. The Labute approximate surface area is 282 Å². The van der Waals surface area contributed by atoms with Crippen molar-refractivity contribution in [2.24, 2.45) is 11.8 Å². The summed E-state index contributed by atoms with van der Waals surface area (Å²) in [6.45, 7) is 8.49. The zero-order valence-corrected chi connectivity index (χ0v) is 27.4. The van der Waals surface area contributed by atoms with E-state index in [1.54, 1.807) is 0 Å². The molecule has 0 atom stereocenters. The minimum absolute atomic E-state index is 0.0688. The second-order valence-corrected chi connectivity index (χ2v) is 13.2. The van der Waals surface area contributed by atoms with E-state index in [9.17, 15) is 18.8 Å². The smallest absolute Gasteiger partial charge is 0.335 e. The van der Waals surface area contributed by atoms with Crippen LogP contribution in [0, 0.1) is 23.5 Å². The summed E-state index contributed by atoms with van der Waals surface area (Å²) in [5, 5.41) is 2.57. The number of rotatable bonds is 10.